The van der Waals surface area contributed by atoms with Gasteiger partial charge in [0.05, 0.1) is 4.75 Å². The number of halogens is 3. The normalized spacial score (nSPS) is 22.0. The second kappa shape index (κ2) is 7.42. The minimum Gasteiger partial charge on any atom is -0.490 e. The van der Waals surface area contributed by atoms with Crippen LogP contribution in [0.5, 0.6) is 5.75 Å². The quantitative estimate of drug-likeness (QED) is 0.731. The first-order chi connectivity index (χ1) is 12.7. The third-order valence-electron chi connectivity index (χ3n) is 4.47. The topological polar surface area (TPSA) is 51.2 Å². The van der Waals surface area contributed by atoms with Crippen molar-refractivity contribution in [1.82, 2.24) is 4.98 Å². The van der Waals surface area contributed by atoms with Crippen molar-refractivity contribution in [2.24, 2.45) is 0 Å². The summed E-state index contributed by atoms with van der Waals surface area (Å²) in [5.74, 6) is 0.284. The fourth-order valence-corrected chi connectivity index (χ4v) is 3.37. The number of rotatable bonds is 5. The smallest absolute Gasteiger partial charge is 0.433 e. The van der Waals surface area contributed by atoms with E-state index in [-0.39, 0.29) is 11.8 Å². The van der Waals surface area contributed by atoms with Gasteiger partial charge in [-0.2, -0.15) is 25.8 Å². The van der Waals surface area contributed by atoms with E-state index in [4.69, 9.17) is 4.74 Å². The molecule has 0 atom stereocenters. The van der Waals surface area contributed by atoms with Crippen LogP contribution in [0.15, 0.2) is 42.6 Å². The number of aryl methyl sites for hydroxylation is 1. The number of carbonyl (C=O) groups is 1. The molecule has 0 unspecified atom stereocenters. The largest absolute Gasteiger partial charge is 0.490 e. The van der Waals surface area contributed by atoms with Crippen LogP contribution in [0.3, 0.4) is 0 Å². The Hall–Kier alpha value is -2.22. The Bertz CT molecular complexity index is 836. The van der Waals surface area contributed by atoms with Crippen LogP contribution in [0.4, 0.5) is 18.9 Å². The van der Waals surface area contributed by atoms with Gasteiger partial charge in [-0.3, -0.25) is 9.78 Å². The minimum atomic E-state index is -4.57. The van der Waals surface area contributed by atoms with E-state index in [0.717, 1.165) is 30.0 Å². The lowest BCUT2D eigenvalue weighted by atomic mass is 9.80. The summed E-state index contributed by atoms with van der Waals surface area (Å²) in [5, 5.41) is 2.49. The van der Waals surface area contributed by atoms with Crippen molar-refractivity contribution in [2.75, 3.05) is 5.32 Å². The molecule has 0 aliphatic heterocycles. The summed E-state index contributed by atoms with van der Waals surface area (Å²) in [5.41, 5.74) is 0.134. The fraction of sp³-hybridized carbons (Fsp3) is 0.368. The van der Waals surface area contributed by atoms with Crippen LogP contribution in [-0.4, -0.2) is 21.7 Å². The lowest BCUT2D eigenvalue weighted by molar-refractivity contribution is -0.141. The van der Waals surface area contributed by atoms with E-state index in [0.29, 0.717) is 12.8 Å². The molecular formula is C19H19F3N2O2S. The average molecular weight is 396 g/mol. The molecular weight excluding hydrogens is 377 g/mol. The van der Waals surface area contributed by atoms with Crippen molar-refractivity contribution in [3.63, 3.8) is 0 Å². The predicted molar refractivity (Wildman–Crippen MR) is 99.1 cm³/mol. The Morgan fingerprint density at radius 3 is 2.74 bits per heavy atom. The number of benzene rings is 1. The summed E-state index contributed by atoms with van der Waals surface area (Å²) in [7, 11) is 0. The SMILES string of the molecule is CCc1cccc(OC2CC(S)(C(=O)Nc3ccnc(C(F)(F)F)c3)C2)c1. The molecule has 1 fully saturated rings. The molecule has 1 N–H and O–H groups in total. The van der Waals surface area contributed by atoms with Crippen molar-refractivity contribution in [2.45, 2.75) is 43.2 Å². The molecule has 0 bridgehead atoms. The van der Waals surface area contributed by atoms with Crippen LogP contribution in [0.25, 0.3) is 0 Å². The van der Waals surface area contributed by atoms with Gasteiger partial charge in [-0.15, -0.1) is 0 Å². The number of thiol groups is 1. The number of hydrogen-bond donors (Lipinski definition) is 2. The highest BCUT2D eigenvalue weighted by atomic mass is 32.1. The van der Waals surface area contributed by atoms with E-state index >= 15 is 0 Å². The van der Waals surface area contributed by atoms with E-state index < -0.39 is 22.5 Å². The monoisotopic (exact) mass is 396 g/mol. The number of nitrogens with zero attached hydrogens (tertiary/aromatic N) is 1. The summed E-state index contributed by atoms with van der Waals surface area (Å²) in [6, 6.07) is 9.84. The Labute approximate surface area is 160 Å². The van der Waals surface area contributed by atoms with Gasteiger partial charge in [-0.05, 0) is 36.2 Å². The summed E-state index contributed by atoms with van der Waals surface area (Å²) in [6.45, 7) is 2.05. The highest BCUT2D eigenvalue weighted by Crippen LogP contribution is 2.41. The molecule has 1 aromatic heterocycles. The van der Waals surface area contributed by atoms with Gasteiger partial charge in [-0.25, -0.2) is 0 Å². The predicted octanol–water partition coefficient (Wildman–Crippen LogP) is 4.51. The third-order valence-corrected chi connectivity index (χ3v) is 5.04. The lowest BCUT2D eigenvalue weighted by Crippen LogP contribution is -2.53. The molecule has 1 saturated carbocycles. The average Bonchev–Trinajstić information content (AvgIpc) is 2.60. The van der Waals surface area contributed by atoms with Crippen molar-refractivity contribution in [3.05, 3.63) is 53.9 Å². The number of aromatic nitrogens is 1. The van der Waals surface area contributed by atoms with Gasteiger partial charge in [0.1, 0.15) is 17.5 Å². The van der Waals surface area contributed by atoms with Crippen LogP contribution in [0, 0.1) is 0 Å². The highest BCUT2D eigenvalue weighted by Gasteiger charge is 2.49. The van der Waals surface area contributed by atoms with Gasteiger partial charge < -0.3 is 10.1 Å². The molecule has 8 heteroatoms. The lowest BCUT2D eigenvalue weighted by Gasteiger charge is -2.42. The third kappa shape index (κ3) is 4.55. The maximum atomic E-state index is 12.7. The Kier molecular flexibility index (Phi) is 5.37. The molecule has 0 radical (unpaired) electrons. The molecule has 0 saturated heterocycles. The van der Waals surface area contributed by atoms with Crippen LogP contribution < -0.4 is 10.1 Å². The molecule has 144 valence electrons. The molecule has 27 heavy (non-hydrogen) atoms. The zero-order valence-corrected chi connectivity index (χ0v) is 15.5. The molecule has 2 aromatic rings. The number of alkyl halides is 3. The number of amides is 1. The van der Waals surface area contributed by atoms with Gasteiger partial charge in [0.2, 0.25) is 5.91 Å². The first kappa shape index (κ1) is 19.5. The zero-order chi connectivity index (χ0) is 19.7. The van der Waals surface area contributed by atoms with Gasteiger partial charge in [-0.1, -0.05) is 19.1 Å². The van der Waals surface area contributed by atoms with Crippen LogP contribution in [0.1, 0.15) is 31.0 Å². The number of hydrogen-bond acceptors (Lipinski definition) is 4. The molecule has 1 heterocycles. The van der Waals surface area contributed by atoms with Crippen molar-refractivity contribution >= 4 is 24.2 Å². The van der Waals surface area contributed by atoms with Crippen LogP contribution >= 0.6 is 12.6 Å². The van der Waals surface area contributed by atoms with E-state index in [1.807, 2.05) is 24.3 Å². The number of ether oxygens (including phenoxy) is 1. The van der Waals surface area contributed by atoms with E-state index in [1.165, 1.54) is 6.07 Å². The minimum absolute atomic E-state index is 0.0377. The molecule has 4 nitrogen and oxygen atoms in total. The first-order valence-corrected chi connectivity index (χ1v) is 8.97. The maximum Gasteiger partial charge on any atom is 0.433 e. The zero-order valence-electron chi connectivity index (χ0n) is 14.6. The van der Waals surface area contributed by atoms with Crippen molar-refractivity contribution in [1.29, 1.82) is 0 Å². The van der Waals surface area contributed by atoms with E-state index in [9.17, 15) is 18.0 Å². The summed E-state index contributed by atoms with van der Waals surface area (Å²) >= 11 is 4.42. The molecule has 1 aromatic carbocycles. The second-order valence-electron chi connectivity index (χ2n) is 6.56. The summed E-state index contributed by atoms with van der Waals surface area (Å²) < 4.78 is 43.1. The standard InChI is InChI=1S/C19H19F3N2O2S/c1-2-12-4-3-5-14(8-12)26-15-10-18(27,11-15)17(25)24-13-6-7-23-16(9-13)19(20,21)22/h3-9,15,27H,2,10-11H2,1H3,(H,23,24,25). The Balaban J connectivity index is 1.59. The van der Waals surface area contributed by atoms with Gasteiger partial charge in [0.15, 0.2) is 0 Å². The Morgan fingerprint density at radius 1 is 1.33 bits per heavy atom. The number of nitrogens with one attached hydrogen (secondary N) is 1. The number of anilines is 1. The van der Waals surface area contributed by atoms with Crippen LogP contribution in [-0.2, 0) is 17.4 Å². The molecule has 3 rings (SSSR count). The summed E-state index contributed by atoms with van der Waals surface area (Å²) in [6.07, 6.45) is -2.08. The van der Waals surface area contributed by atoms with E-state index in [2.05, 4.69) is 29.9 Å². The number of pyridine rings is 1. The molecule has 1 aliphatic rings. The van der Waals surface area contributed by atoms with Crippen LogP contribution in [0.2, 0.25) is 0 Å². The molecule has 1 aliphatic carbocycles. The molecule has 1 amide bonds. The Morgan fingerprint density at radius 2 is 2.07 bits per heavy atom. The van der Waals surface area contributed by atoms with Crippen molar-refractivity contribution < 1.29 is 22.7 Å². The molecule has 0 spiro atoms. The highest BCUT2D eigenvalue weighted by molar-refractivity contribution is 7.82. The first-order valence-electron chi connectivity index (χ1n) is 8.52. The summed E-state index contributed by atoms with van der Waals surface area (Å²) in [4.78, 5) is 15.7. The number of carbonyl (C=O) groups excluding carboxylic acids is 1. The van der Waals surface area contributed by atoms with E-state index in [1.54, 1.807) is 0 Å². The van der Waals surface area contributed by atoms with Crippen molar-refractivity contribution in [3.8, 4) is 5.75 Å². The second-order valence-corrected chi connectivity index (χ2v) is 7.42. The van der Waals surface area contributed by atoms with Gasteiger partial charge in [0, 0.05) is 24.7 Å². The fourth-order valence-electron chi connectivity index (χ4n) is 2.90. The van der Waals surface area contributed by atoms with Gasteiger partial charge >= 0.3 is 6.18 Å². The maximum absolute atomic E-state index is 12.7. The van der Waals surface area contributed by atoms with Gasteiger partial charge in [0.25, 0.3) is 0 Å².